The molecule has 2 saturated heterocycles. The van der Waals surface area contributed by atoms with Crippen LogP contribution in [0.4, 0.5) is 0 Å². The summed E-state index contributed by atoms with van der Waals surface area (Å²) in [6, 6.07) is 2.48. The van der Waals surface area contributed by atoms with Crippen LogP contribution in [0.15, 0.2) is 12.3 Å². The molecular formula is C18H29N5O2. The summed E-state index contributed by atoms with van der Waals surface area (Å²) in [7, 11) is 0. The van der Waals surface area contributed by atoms with Crippen LogP contribution in [-0.2, 0) is 22.6 Å². The zero-order valence-electron chi connectivity index (χ0n) is 15.0. The fraction of sp³-hybridized carbons (Fsp3) is 0.778. The van der Waals surface area contributed by atoms with E-state index in [1.165, 1.54) is 5.69 Å². The maximum absolute atomic E-state index is 12.7. The molecule has 7 nitrogen and oxygen atoms in total. The van der Waals surface area contributed by atoms with E-state index in [9.17, 15) is 4.79 Å². The van der Waals surface area contributed by atoms with Gasteiger partial charge in [-0.1, -0.05) is 0 Å². The number of likely N-dealkylation sites (tertiary alicyclic amines) is 1. The van der Waals surface area contributed by atoms with E-state index in [4.69, 9.17) is 4.74 Å². The number of ether oxygens (including phenoxy) is 1. The fourth-order valence-corrected chi connectivity index (χ4v) is 4.20. The van der Waals surface area contributed by atoms with Gasteiger partial charge in [0.2, 0.25) is 5.91 Å². The standard InChI is InChI=1S/C18H29N5O2/c24-18(21-6-1-2-7-21)15-22-14-17-3-5-19-23(17)8-4-16(22)13-20-9-11-25-12-10-20/h3,5,16H,1-2,4,6-15H2/t16-/m0/s1. The van der Waals surface area contributed by atoms with Crippen molar-refractivity contribution in [1.29, 1.82) is 0 Å². The van der Waals surface area contributed by atoms with E-state index in [0.717, 1.165) is 78.3 Å². The molecule has 0 bridgehead atoms. The number of nitrogens with zero attached hydrogens (tertiary/aromatic N) is 5. The van der Waals surface area contributed by atoms with E-state index in [1.54, 1.807) is 0 Å². The van der Waals surface area contributed by atoms with Gasteiger partial charge in [0.05, 0.1) is 25.5 Å². The van der Waals surface area contributed by atoms with Crippen molar-refractivity contribution in [1.82, 2.24) is 24.5 Å². The Morgan fingerprint density at radius 2 is 1.96 bits per heavy atom. The van der Waals surface area contributed by atoms with Crippen LogP contribution in [0.1, 0.15) is 25.0 Å². The average molecular weight is 347 g/mol. The van der Waals surface area contributed by atoms with E-state index in [-0.39, 0.29) is 5.91 Å². The van der Waals surface area contributed by atoms with Crippen LogP contribution < -0.4 is 0 Å². The highest BCUT2D eigenvalue weighted by Crippen LogP contribution is 2.19. The SMILES string of the molecule is O=C(CN1Cc2ccnn2CC[C@H]1CN1CCOCC1)N1CCCC1. The van der Waals surface area contributed by atoms with E-state index in [1.807, 2.05) is 11.1 Å². The number of morpholine rings is 1. The summed E-state index contributed by atoms with van der Waals surface area (Å²) in [6.07, 6.45) is 5.21. The highest BCUT2D eigenvalue weighted by Gasteiger charge is 2.29. The van der Waals surface area contributed by atoms with Crippen LogP contribution in [0.25, 0.3) is 0 Å². The summed E-state index contributed by atoms with van der Waals surface area (Å²) in [4.78, 5) is 19.6. The van der Waals surface area contributed by atoms with Crippen LogP contribution in [0, 0.1) is 0 Å². The second kappa shape index (κ2) is 7.85. The number of hydrogen-bond acceptors (Lipinski definition) is 5. The average Bonchev–Trinajstić information content (AvgIpc) is 3.29. The zero-order chi connectivity index (χ0) is 17.1. The van der Waals surface area contributed by atoms with Crippen molar-refractivity contribution in [3.8, 4) is 0 Å². The molecule has 25 heavy (non-hydrogen) atoms. The van der Waals surface area contributed by atoms with Crippen molar-refractivity contribution >= 4 is 5.91 Å². The zero-order valence-corrected chi connectivity index (χ0v) is 15.0. The number of amides is 1. The summed E-state index contributed by atoms with van der Waals surface area (Å²) >= 11 is 0. The first-order valence-electron chi connectivity index (χ1n) is 9.62. The molecule has 1 aromatic heterocycles. The molecule has 0 spiro atoms. The van der Waals surface area contributed by atoms with Gasteiger partial charge >= 0.3 is 0 Å². The lowest BCUT2D eigenvalue weighted by atomic mass is 10.1. The minimum atomic E-state index is 0.289. The molecule has 3 aliphatic heterocycles. The summed E-state index contributed by atoms with van der Waals surface area (Å²) in [5, 5.41) is 4.45. The lowest BCUT2D eigenvalue weighted by Crippen LogP contribution is -2.49. The number of fused-ring (bicyclic) bond motifs is 1. The molecule has 4 heterocycles. The van der Waals surface area contributed by atoms with Crippen LogP contribution in [-0.4, -0.2) is 88.9 Å². The largest absolute Gasteiger partial charge is 0.379 e. The van der Waals surface area contributed by atoms with E-state index >= 15 is 0 Å². The number of aromatic nitrogens is 2. The fourth-order valence-electron chi connectivity index (χ4n) is 4.20. The minimum absolute atomic E-state index is 0.289. The molecule has 0 unspecified atom stereocenters. The van der Waals surface area contributed by atoms with Gasteiger partial charge in [-0.05, 0) is 25.3 Å². The number of carbonyl (C=O) groups excluding carboxylic acids is 1. The van der Waals surface area contributed by atoms with Crippen LogP contribution in [0.2, 0.25) is 0 Å². The lowest BCUT2D eigenvalue weighted by molar-refractivity contribution is -0.132. The summed E-state index contributed by atoms with van der Waals surface area (Å²) in [5.41, 5.74) is 1.22. The van der Waals surface area contributed by atoms with Gasteiger partial charge in [-0.15, -0.1) is 0 Å². The summed E-state index contributed by atoms with van der Waals surface area (Å²) < 4.78 is 7.58. The molecule has 4 rings (SSSR count). The molecule has 2 fully saturated rings. The second-order valence-electron chi connectivity index (χ2n) is 7.39. The predicted octanol–water partition coefficient (Wildman–Crippen LogP) is 0.412. The highest BCUT2D eigenvalue weighted by atomic mass is 16.5. The van der Waals surface area contributed by atoms with Gasteiger partial charge in [0.15, 0.2) is 0 Å². The Balaban J connectivity index is 1.45. The monoisotopic (exact) mass is 347 g/mol. The van der Waals surface area contributed by atoms with E-state index < -0.39 is 0 Å². The maximum atomic E-state index is 12.7. The second-order valence-corrected chi connectivity index (χ2v) is 7.39. The first kappa shape index (κ1) is 17.0. The molecule has 3 aliphatic rings. The number of hydrogen-bond donors (Lipinski definition) is 0. The molecule has 0 aromatic carbocycles. The molecule has 0 saturated carbocycles. The predicted molar refractivity (Wildman–Crippen MR) is 94.1 cm³/mol. The highest BCUT2D eigenvalue weighted by molar-refractivity contribution is 5.78. The van der Waals surface area contributed by atoms with Gasteiger partial charge in [0.25, 0.3) is 0 Å². The Morgan fingerprint density at radius 1 is 1.16 bits per heavy atom. The molecule has 0 aliphatic carbocycles. The number of rotatable bonds is 4. The van der Waals surface area contributed by atoms with E-state index in [0.29, 0.717) is 12.6 Å². The van der Waals surface area contributed by atoms with Crippen molar-refractivity contribution in [2.45, 2.75) is 38.4 Å². The van der Waals surface area contributed by atoms with E-state index in [2.05, 4.69) is 25.6 Å². The molecule has 1 atom stereocenters. The maximum Gasteiger partial charge on any atom is 0.236 e. The van der Waals surface area contributed by atoms with Crippen molar-refractivity contribution in [3.05, 3.63) is 18.0 Å². The number of aryl methyl sites for hydroxylation is 1. The van der Waals surface area contributed by atoms with Crippen LogP contribution in [0.3, 0.4) is 0 Å². The Bertz CT molecular complexity index is 578. The first-order valence-corrected chi connectivity index (χ1v) is 9.62. The van der Waals surface area contributed by atoms with Crippen LogP contribution >= 0.6 is 0 Å². The molecule has 0 N–H and O–H groups in total. The molecule has 0 radical (unpaired) electrons. The van der Waals surface area contributed by atoms with Gasteiger partial charge in [-0.25, -0.2) is 0 Å². The quantitative estimate of drug-likeness (QED) is 0.790. The van der Waals surface area contributed by atoms with Crippen molar-refractivity contribution < 1.29 is 9.53 Å². The van der Waals surface area contributed by atoms with Crippen molar-refractivity contribution in [3.63, 3.8) is 0 Å². The molecular weight excluding hydrogens is 318 g/mol. The minimum Gasteiger partial charge on any atom is -0.379 e. The van der Waals surface area contributed by atoms with Crippen LogP contribution in [0.5, 0.6) is 0 Å². The molecule has 1 aromatic rings. The molecule has 7 heteroatoms. The van der Waals surface area contributed by atoms with Gasteiger partial charge in [-0.3, -0.25) is 19.3 Å². The van der Waals surface area contributed by atoms with Crippen molar-refractivity contribution in [2.75, 3.05) is 52.5 Å². The number of carbonyl (C=O) groups is 1. The summed E-state index contributed by atoms with van der Waals surface area (Å²) in [5.74, 6) is 0.289. The Labute approximate surface area is 149 Å². The lowest BCUT2D eigenvalue weighted by Gasteiger charge is -2.36. The third-order valence-electron chi connectivity index (χ3n) is 5.73. The van der Waals surface area contributed by atoms with Crippen molar-refractivity contribution in [2.24, 2.45) is 0 Å². The van der Waals surface area contributed by atoms with Gasteiger partial charge in [0, 0.05) is 58.1 Å². The summed E-state index contributed by atoms with van der Waals surface area (Å²) in [6.45, 7) is 8.78. The topological polar surface area (TPSA) is 53.8 Å². The van der Waals surface area contributed by atoms with Gasteiger partial charge < -0.3 is 9.64 Å². The third-order valence-corrected chi connectivity index (χ3v) is 5.73. The normalized spacial score (nSPS) is 25.8. The molecule has 138 valence electrons. The molecule has 1 amide bonds. The Morgan fingerprint density at radius 3 is 2.76 bits per heavy atom. The smallest absolute Gasteiger partial charge is 0.236 e. The van der Waals surface area contributed by atoms with Gasteiger partial charge in [-0.2, -0.15) is 5.10 Å². The Hall–Kier alpha value is -1.44. The Kier molecular flexibility index (Phi) is 5.33. The van der Waals surface area contributed by atoms with Gasteiger partial charge in [0.1, 0.15) is 0 Å². The third kappa shape index (κ3) is 4.04. The first-order chi connectivity index (χ1) is 12.3.